The van der Waals surface area contributed by atoms with Crippen LogP contribution in [0.15, 0.2) is 35.2 Å². The maximum absolute atomic E-state index is 12.9. The molecular formula is C17H14Cl3F3N2O3S. The number of carbonyl (C=O) groups excluding carboxylic acids is 1. The second-order valence-corrected chi connectivity index (χ2v) is 9.09. The standard InChI is InChI=1S/C17H14Cl3F3N2O3S/c1-8(2)25-29(27,28)15-6-10(12(19)7-13(15)20)16(26)24-14-5-9(17(21,22)23)3-4-11(14)18/h3-8,25H,1-2H3,(H,24,26). The summed E-state index contributed by atoms with van der Waals surface area (Å²) in [5, 5.41) is 1.64. The van der Waals surface area contributed by atoms with E-state index in [2.05, 4.69) is 10.0 Å². The van der Waals surface area contributed by atoms with Gasteiger partial charge in [0.15, 0.2) is 0 Å². The quantitative estimate of drug-likeness (QED) is 0.574. The Bertz CT molecular complexity index is 1060. The zero-order valence-electron chi connectivity index (χ0n) is 14.9. The van der Waals surface area contributed by atoms with E-state index in [-0.39, 0.29) is 26.3 Å². The van der Waals surface area contributed by atoms with Gasteiger partial charge in [-0.2, -0.15) is 13.2 Å². The summed E-state index contributed by atoms with van der Waals surface area (Å²) in [6.07, 6.45) is -4.65. The zero-order valence-corrected chi connectivity index (χ0v) is 17.9. The van der Waals surface area contributed by atoms with E-state index >= 15 is 0 Å². The molecule has 0 aromatic heterocycles. The van der Waals surface area contributed by atoms with Gasteiger partial charge in [-0.15, -0.1) is 0 Å². The van der Waals surface area contributed by atoms with Gasteiger partial charge < -0.3 is 5.32 Å². The monoisotopic (exact) mass is 488 g/mol. The zero-order chi connectivity index (χ0) is 22.1. The normalized spacial score (nSPS) is 12.3. The highest BCUT2D eigenvalue weighted by atomic mass is 35.5. The van der Waals surface area contributed by atoms with Gasteiger partial charge >= 0.3 is 6.18 Å². The number of sulfonamides is 1. The molecule has 0 spiro atoms. The Hall–Kier alpha value is -1.52. The average Bonchev–Trinajstić information content (AvgIpc) is 2.54. The van der Waals surface area contributed by atoms with Gasteiger partial charge in [0.2, 0.25) is 10.0 Å². The van der Waals surface area contributed by atoms with Crippen molar-refractivity contribution in [1.29, 1.82) is 0 Å². The van der Waals surface area contributed by atoms with Crippen molar-refractivity contribution in [3.8, 4) is 0 Å². The largest absolute Gasteiger partial charge is 0.416 e. The van der Waals surface area contributed by atoms with Gasteiger partial charge in [-0.3, -0.25) is 4.79 Å². The number of carbonyl (C=O) groups is 1. The molecule has 0 atom stereocenters. The highest BCUT2D eigenvalue weighted by Crippen LogP contribution is 2.35. The van der Waals surface area contributed by atoms with Crippen molar-refractivity contribution in [1.82, 2.24) is 4.72 Å². The summed E-state index contributed by atoms with van der Waals surface area (Å²) in [7, 11) is -4.07. The maximum atomic E-state index is 12.9. The van der Waals surface area contributed by atoms with E-state index < -0.39 is 38.6 Å². The first kappa shape index (κ1) is 23.8. The number of halogens is 6. The molecule has 5 nitrogen and oxygen atoms in total. The predicted molar refractivity (Wildman–Crippen MR) is 106 cm³/mol. The molecule has 0 bridgehead atoms. The van der Waals surface area contributed by atoms with Gasteiger partial charge in [-0.1, -0.05) is 34.8 Å². The van der Waals surface area contributed by atoms with Gasteiger partial charge in [0, 0.05) is 6.04 Å². The number of nitrogens with one attached hydrogen (secondary N) is 2. The summed E-state index contributed by atoms with van der Waals surface area (Å²) < 4.78 is 65.8. The minimum Gasteiger partial charge on any atom is -0.321 e. The molecule has 0 heterocycles. The van der Waals surface area contributed by atoms with Crippen LogP contribution in [-0.4, -0.2) is 20.4 Å². The fourth-order valence-corrected chi connectivity index (χ4v) is 4.54. The SMILES string of the molecule is CC(C)NS(=O)(=O)c1cc(C(=O)Nc2cc(C(F)(F)F)ccc2Cl)c(Cl)cc1Cl. The Labute approximate surface area is 180 Å². The number of rotatable bonds is 5. The summed E-state index contributed by atoms with van der Waals surface area (Å²) in [5.74, 6) is -0.964. The molecule has 0 fully saturated rings. The van der Waals surface area contributed by atoms with Crippen LogP contribution in [0.25, 0.3) is 0 Å². The van der Waals surface area contributed by atoms with Crippen molar-refractivity contribution >= 4 is 56.4 Å². The molecule has 0 saturated carbocycles. The Morgan fingerprint density at radius 1 is 1.00 bits per heavy atom. The topological polar surface area (TPSA) is 75.3 Å². The smallest absolute Gasteiger partial charge is 0.321 e. The van der Waals surface area contributed by atoms with E-state index in [0.29, 0.717) is 6.07 Å². The van der Waals surface area contributed by atoms with Crippen LogP contribution in [0.5, 0.6) is 0 Å². The molecule has 158 valence electrons. The lowest BCUT2D eigenvalue weighted by atomic mass is 10.1. The third-order valence-electron chi connectivity index (χ3n) is 3.49. The Morgan fingerprint density at radius 2 is 1.62 bits per heavy atom. The molecule has 2 aromatic rings. The summed E-state index contributed by atoms with van der Waals surface area (Å²) in [5.41, 5.74) is -1.65. The molecule has 12 heteroatoms. The number of benzene rings is 2. The molecule has 2 rings (SSSR count). The molecule has 0 radical (unpaired) electrons. The van der Waals surface area contributed by atoms with Crippen molar-refractivity contribution in [2.45, 2.75) is 31.0 Å². The molecule has 2 N–H and O–H groups in total. The van der Waals surface area contributed by atoms with Gasteiger partial charge in [0.05, 0.1) is 31.9 Å². The second kappa shape index (κ2) is 8.69. The van der Waals surface area contributed by atoms with E-state index in [1.807, 2.05) is 0 Å². The average molecular weight is 490 g/mol. The maximum Gasteiger partial charge on any atom is 0.416 e. The molecule has 29 heavy (non-hydrogen) atoms. The number of amides is 1. The first-order valence-electron chi connectivity index (χ1n) is 7.92. The Kier molecular flexibility index (Phi) is 7.12. The Balaban J connectivity index is 2.46. The molecule has 0 unspecified atom stereocenters. The van der Waals surface area contributed by atoms with Crippen LogP contribution in [0.4, 0.5) is 18.9 Å². The van der Waals surface area contributed by atoms with Crippen LogP contribution in [0, 0.1) is 0 Å². The van der Waals surface area contributed by atoms with Crippen molar-refractivity contribution in [3.63, 3.8) is 0 Å². The van der Waals surface area contributed by atoms with Gasteiger partial charge in [0.25, 0.3) is 5.91 Å². The highest BCUT2D eigenvalue weighted by Gasteiger charge is 2.31. The van der Waals surface area contributed by atoms with E-state index in [0.717, 1.165) is 24.3 Å². The van der Waals surface area contributed by atoms with Crippen molar-refractivity contribution in [2.75, 3.05) is 5.32 Å². The molecular weight excluding hydrogens is 476 g/mol. The molecule has 0 aliphatic rings. The summed E-state index contributed by atoms with van der Waals surface area (Å²) in [4.78, 5) is 12.2. The minimum atomic E-state index is -4.65. The lowest BCUT2D eigenvalue weighted by Gasteiger charge is -2.15. The van der Waals surface area contributed by atoms with Crippen molar-refractivity contribution in [3.05, 3.63) is 56.5 Å². The van der Waals surface area contributed by atoms with Gasteiger partial charge in [-0.25, -0.2) is 13.1 Å². The third kappa shape index (κ3) is 5.76. The fourth-order valence-electron chi connectivity index (χ4n) is 2.27. The van der Waals surface area contributed by atoms with E-state index in [1.54, 1.807) is 13.8 Å². The minimum absolute atomic E-state index is 0.147. The number of hydrogen-bond acceptors (Lipinski definition) is 3. The summed E-state index contributed by atoms with van der Waals surface area (Å²) in [6, 6.07) is 3.93. The van der Waals surface area contributed by atoms with Crippen molar-refractivity contribution in [2.24, 2.45) is 0 Å². The highest BCUT2D eigenvalue weighted by molar-refractivity contribution is 7.89. The molecule has 0 aliphatic carbocycles. The molecule has 0 aliphatic heterocycles. The van der Waals surface area contributed by atoms with Crippen LogP contribution in [0.3, 0.4) is 0 Å². The summed E-state index contributed by atoms with van der Waals surface area (Å²) in [6.45, 7) is 3.18. The van der Waals surface area contributed by atoms with Gasteiger partial charge in [-0.05, 0) is 44.2 Å². The third-order valence-corrected chi connectivity index (χ3v) is 6.25. The lowest BCUT2D eigenvalue weighted by Crippen LogP contribution is -2.30. The summed E-state index contributed by atoms with van der Waals surface area (Å²) >= 11 is 17.8. The predicted octanol–water partition coefficient (Wildman–Crippen LogP) is 5.60. The first-order chi connectivity index (χ1) is 13.2. The van der Waals surface area contributed by atoms with E-state index in [9.17, 15) is 26.4 Å². The fraction of sp³-hybridized carbons (Fsp3) is 0.235. The lowest BCUT2D eigenvalue weighted by molar-refractivity contribution is -0.137. The van der Waals surface area contributed by atoms with E-state index in [4.69, 9.17) is 34.8 Å². The van der Waals surface area contributed by atoms with Crippen LogP contribution < -0.4 is 10.0 Å². The number of alkyl halides is 3. The van der Waals surface area contributed by atoms with Crippen LogP contribution in [0.1, 0.15) is 29.8 Å². The van der Waals surface area contributed by atoms with Crippen molar-refractivity contribution < 1.29 is 26.4 Å². The first-order valence-corrected chi connectivity index (χ1v) is 10.5. The molecule has 2 aromatic carbocycles. The molecule has 0 saturated heterocycles. The van der Waals surface area contributed by atoms with Crippen LogP contribution in [0.2, 0.25) is 15.1 Å². The second-order valence-electron chi connectivity index (χ2n) is 6.18. The number of anilines is 1. The van der Waals surface area contributed by atoms with E-state index in [1.165, 1.54) is 0 Å². The van der Waals surface area contributed by atoms with Gasteiger partial charge in [0.1, 0.15) is 4.90 Å². The van der Waals surface area contributed by atoms with Crippen LogP contribution >= 0.6 is 34.8 Å². The Morgan fingerprint density at radius 3 is 2.17 bits per heavy atom. The van der Waals surface area contributed by atoms with Crippen LogP contribution in [-0.2, 0) is 16.2 Å². The number of hydrogen-bond donors (Lipinski definition) is 2. The molecule has 1 amide bonds.